The highest BCUT2D eigenvalue weighted by atomic mass is 16.8. The van der Waals surface area contributed by atoms with Gasteiger partial charge in [0, 0.05) is 6.42 Å². The Morgan fingerprint density at radius 3 is 2.29 bits per heavy atom. The number of rotatable bonds is 8. The molecular formula is C40H66O12. The van der Waals surface area contributed by atoms with Crippen molar-refractivity contribution < 1.29 is 59.1 Å². The van der Waals surface area contributed by atoms with E-state index in [0.717, 1.165) is 51.6 Å². The van der Waals surface area contributed by atoms with Crippen LogP contribution in [0.2, 0.25) is 0 Å². The summed E-state index contributed by atoms with van der Waals surface area (Å²) in [6.07, 6.45) is -0.834. The van der Waals surface area contributed by atoms with Gasteiger partial charge >= 0.3 is 0 Å². The molecule has 0 amide bonds. The zero-order valence-electron chi connectivity index (χ0n) is 32.0. The van der Waals surface area contributed by atoms with Crippen LogP contribution in [0.25, 0.3) is 0 Å². The minimum Gasteiger partial charge on any atom is -0.394 e. The van der Waals surface area contributed by atoms with Crippen LogP contribution < -0.4 is 0 Å². The molecule has 6 fully saturated rings. The summed E-state index contributed by atoms with van der Waals surface area (Å²) < 4.78 is 37.5. The summed E-state index contributed by atoms with van der Waals surface area (Å²) in [7, 11) is 0. The van der Waals surface area contributed by atoms with Crippen molar-refractivity contribution in [2.75, 3.05) is 13.2 Å². The van der Waals surface area contributed by atoms with Crippen molar-refractivity contribution in [2.45, 2.75) is 185 Å². The fraction of sp³-hybridized carbons (Fsp3) is 0.950. The van der Waals surface area contributed by atoms with Crippen molar-refractivity contribution in [1.29, 1.82) is 0 Å². The van der Waals surface area contributed by atoms with E-state index in [4.69, 9.17) is 28.4 Å². The van der Waals surface area contributed by atoms with Crippen molar-refractivity contribution in [3.8, 4) is 0 Å². The maximum atomic E-state index is 11.1. The van der Waals surface area contributed by atoms with Gasteiger partial charge in [-0.1, -0.05) is 45.8 Å². The lowest BCUT2D eigenvalue weighted by molar-refractivity contribution is -0.369. The van der Waals surface area contributed by atoms with Gasteiger partial charge in [-0.05, 0) is 106 Å². The highest BCUT2D eigenvalue weighted by Gasteiger charge is 2.62. The third-order valence-corrected chi connectivity index (χ3v) is 15.1. The van der Waals surface area contributed by atoms with Crippen LogP contribution >= 0.6 is 0 Å². The summed E-state index contributed by atoms with van der Waals surface area (Å²) >= 11 is 0. The normalized spacial score (nSPS) is 55.2. The van der Waals surface area contributed by atoms with E-state index in [2.05, 4.69) is 40.7 Å². The lowest BCUT2D eigenvalue weighted by atomic mass is 9.47. The van der Waals surface area contributed by atoms with Crippen LogP contribution in [0.5, 0.6) is 0 Å². The molecular weight excluding hydrogens is 672 g/mol. The number of aliphatic hydroxyl groups is 6. The first kappa shape index (κ1) is 39.5. The van der Waals surface area contributed by atoms with Crippen molar-refractivity contribution in [2.24, 2.45) is 40.4 Å². The summed E-state index contributed by atoms with van der Waals surface area (Å²) in [5.74, 6) is 2.34. The molecule has 7 aliphatic rings. The predicted octanol–water partition coefficient (Wildman–Crippen LogP) is 3.17. The van der Waals surface area contributed by atoms with Gasteiger partial charge < -0.3 is 59.1 Å². The molecule has 0 aromatic heterocycles. The van der Waals surface area contributed by atoms with Crippen LogP contribution in [0.1, 0.15) is 106 Å². The number of hydrogen-bond donors (Lipinski definition) is 6. The van der Waals surface area contributed by atoms with E-state index in [1.165, 1.54) is 25.3 Å². The van der Waals surface area contributed by atoms with Gasteiger partial charge in [0.05, 0.1) is 31.5 Å². The lowest BCUT2D eigenvalue weighted by Gasteiger charge is -2.58. The average Bonchev–Trinajstić information content (AvgIpc) is 3.40. The lowest BCUT2D eigenvalue weighted by Crippen LogP contribution is -2.64. The molecule has 0 aromatic carbocycles. The van der Waals surface area contributed by atoms with Gasteiger partial charge in [-0.25, -0.2) is 0 Å². The second-order valence-electron chi connectivity index (χ2n) is 18.3. The Morgan fingerprint density at radius 1 is 0.827 bits per heavy atom. The second-order valence-corrected chi connectivity index (χ2v) is 18.3. The number of allylic oxidation sites excluding steroid dienone is 1. The summed E-state index contributed by atoms with van der Waals surface area (Å²) in [6, 6.07) is 0. The largest absolute Gasteiger partial charge is 0.394 e. The van der Waals surface area contributed by atoms with E-state index < -0.39 is 73.8 Å². The summed E-state index contributed by atoms with van der Waals surface area (Å²) in [5.41, 5.74) is 1.68. The summed E-state index contributed by atoms with van der Waals surface area (Å²) in [4.78, 5) is 0. The molecule has 3 aliphatic heterocycles. The fourth-order valence-electron chi connectivity index (χ4n) is 11.9. The van der Waals surface area contributed by atoms with E-state index in [1.807, 2.05) is 0 Å². The maximum Gasteiger partial charge on any atom is 0.187 e. The van der Waals surface area contributed by atoms with Crippen LogP contribution in [0.15, 0.2) is 11.6 Å². The zero-order chi connectivity index (χ0) is 37.3. The Bertz CT molecular complexity index is 1270. The van der Waals surface area contributed by atoms with Crippen LogP contribution in [0.3, 0.4) is 0 Å². The molecule has 0 bridgehead atoms. The number of fused-ring (bicyclic) bond motifs is 5. The van der Waals surface area contributed by atoms with E-state index in [-0.39, 0.29) is 23.0 Å². The minimum absolute atomic E-state index is 0.0409. The summed E-state index contributed by atoms with van der Waals surface area (Å²) in [5, 5.41) is 63.0. The van der Waals surface area contributed by atoms with Crippen molar-refractivity contribution >= 4 is 0 Å². The minimum atomic E-state index is -1.61. The number of hydrogen-bond acceptors (Lipinski definition) is 12. The molecule has 3 saturated carbocycles. The Hall–Kier alpha value is -0.740. The van der Waals surface area contributed by atoms with Gasteiger partial charge in [0.25, 0.3) is 0 Å². The Balaban J connectivity index is 1.05. The molecule has 12 heteroatoms. The first-order valence-corrected chi connectivity index (χ1v) is 20.3. The van der Waals surface area contributed by atoms with Crippen molar-refractivity contribution in [3.63, 3.8) is 0 Å². The highest BCUT2D eigenvalue weighted by Crippen LogP contribution is 2.67. The third kappa shape index (κ3) is 6.87. The zero-order valence-corrected chi connectivity index (χ0v) is 32.0. The monoisotopic (exact) mass is 738 g/mol. The molecule has 7 rings (SSSR count). The topological polar surface area (TPSA) is 177 Å². The van der Waals surface area contributed by atoms with E-state index in [0.29, 0.717) is 36.0 Å². The molecule has 4 aliphatic carbocycles. The maximum absolute atomic E-state index is 11.1. The molecule has 0 aromatic rings. The molecule has 3 saturated heterocycles. The quantitative estimate of drug-likeness (QED) is 0.201. The molecule has 6 N–H and O–H groups in total. The van der Waals surface area contributed by atoms with Gasteiger partial charge in [-0.15, -0.1) is 0 Å². The molecule has 12 nitrogen and oxygen atoms in total. The molecule has 3 heterocycles. The number of aliphatic hydroxyl groups excluding tert-OH is 6. The van der Waals surface area contributed by atoms with E-state index in [9.17, 15) is 30.6 Å². The van der Waals surface area contributed by atoms with Crippen LogP contribution in [-0.4, -0.2) is 123 Å². The summed E-state index contributed by atoms with van der Waals surface area (Å²) in [6.45, 7) is 13.5. The van der Waals surface area contributed by atoms with Gasteiger partial charge in [0.1, 0.15) is 42.7 Å². The molecule has 4 unspecified atom stereocenters. The molecule has 20 atom stereocenters. The fourth-order valence-corrected chi connectivity index (χ4v) is 11.9. The van der Waals surface area contributed by atoms with Gasteiger partial charge in [0.2, 0.25) is 0 Å². The molecule has 52 heavy (non-hydrogen) atoms. The van der Waals surface area contributed by atoms with Gasteiger partial charge in [-0.2, -0.15) is 0 Å². The second kappa shape index (κ2) is 15.0. The Morgan fingerprint density at radius 2 is 1.60 bits per heavy atom. The third-order valence-electron chi connectivity index (χ3n) is 15.1. The Labute approximate surface area is 309 Å². The van der Waals surface area contributed by atoms with Crippen LogP contribution in [0, 0.1) is 40.4 Å². The number of ether oxygens (including phenoxy) is 6. The molecule has 0 radical (unpaired) electrons. The standard InChI is InChI=1S/C40H66O12/c1-7-25-28(52-40(6)15-10-20(2)19-47-40)17-27-24-9-8-22-16-23(11-13-38(22,4)26(24)12-14-39(25,27)5)49-37-35(33(45)31(43)29(18-41)50-37)51-36-34(46)32(44)30(42)21(3)48-36/h8,20-21,23-37,41-46H,7,9-19H2,1-6H3/t20-,21?,23+,24-,25+,26+,27+,28+,29?,30+,31-,32?,33+,34+,35?,36+,37-,38+,39-,40+/m1/s1. The average molecular weight is 739 g/mol. The van der Waals surface area contributed by atoms with Crippen LogP contribution in [0.4, 0.5) is 0 Å². The van der Waals surface area contributed by atoms with Crippen LogP contribution in [-0.2, 0) is 28.4 Å². The molecule has 298 valence electrons. The van der Waals surface area contributed by atoms with E-state index in [1.54, 1.807) is 0 Å². The first-order valence-electron chi connectivity index (χ1n) is 20.3. The molecule has 0 spiro atoms. The predicted molar refractivity (Wildman–Crippen MR) is 188 cm³/mol. The van der Waals surface area contributed by atoms with Crippen molar-refractivity contribution in [3.05, 3.63) is 11.6 Å². The first-order chi connectivity index (χ1) is 24.6. The van der Waals surface area contributed by atoms with Gasteiger partial charge in [0.15, 0.2) is 18.4 Å². The smallest absolute Gasteiger partial charge is 0.187 e. The van der Waals surface area contributed by atoms with Crippen molar-refractivity contribution in [1.82, 2.24) is 0 Å². The van der Waals surface area contributed by atoms with Gasteiger partial charge in [-0.3, -0.25) is 0 Å². The Kier molecular flexibility index (Phi) is 11.4. The SMILES string of the molecule is CC[C@H]1[C@@H](O[C@@]2(C)CC[C@@H](C)CO2)C[C@H]2[C@@H]3CC=C4C[C@@H](O[C@@H]5OC(CO)[C@@H](O)[C@H](O)C5O[C@@H]5OC(C)[C@H](O)C(O)[C@@H]5O)CC[C@]4(C)[C@H]3CC[C@@]21C. The van der Waals surface area contributed by atoms with E-state index >= 15 is 0 Å². The highest BCUT2D eigenvalue weighted by molar-refractivity contribution is 5.26.